The van der Waals surface area contributed by atoms with E-state index in [2.05, 4.69) is 0 Å². The predicted octanol–water partition coefficient (Wildman–Crippen LogP) is 1.80. The number of phenols is 1. The van der Waals surface area contributed by atoms with E-state index >= 15 is 0 Å². The molecule has 1 N–H and O–H groups in total. The molecule has 0 heterocycles. The van der Waals surface area contributed by atoms with Gasteiger partial charge in [-0.1, -0.05) is 0 Å². The Balaban J connectivity index is 1.88. The largest absolute Gasteiger partial charge is 0.502 e. The van der Waals surface area contributed by atoms with E-state index in [-0.39, 0.29) is 11.5 Å². The Bertz CT molecular complexity index is 542. The maximum absolute atomic E-state index is 12.1. The fourth-order valence-electron chi connectivity index (χ4n) is 1.87. The van der Waals surface area contributed by atoms with Crippen molar-refractivity contribution in [3.05, 3.63) is 33.9 Å². The normalized spacial score (nSPS) is 14.0. The van der Waals surface area contributed by atoms with Crippen LogP contribution in [0.3, 0.4) is 0 Å². The van der Waals surface area contributed by atoms with Crippen molar-refractivity contribution in [1.29, 1.82) is 0 Å². The Morgan fingerprint density at radius 1 is 1.52 bits per heavy atom. The van der Waals surface area contributed by atoms with Crippen LogP contribution in [-0.2, 0) is 4.74 Å². The summed E-state index contributed by atoms with van der Waals surface area (Å²) in [5.74, 6) is -0.142. The number of carbonyl (C=O) groups excluding carboxylic acids is 1. The number of nitro groups is 1. The van der Waals surface area contributed by atoms with Gasteiger partial charge in [-0.3, -0.25) is 14.9 Å². The standard InChI is InChI=1S/C14H18N2O5/c1-15(6-7-21-9-10-2-3-10)14(18)11-4-5-12(16(19)20)13(17)8-11/h4-5,8,10,17H,2-3,6-7,9H2,1H3. The van der Waals surface area contributed by atoms with E-state index in [1.807, 2.05) is 0 Å². The SMILES string of the molecule is CN(CCOCC1CC1)C(=O)c1ccc([N+](=O)[O-])c(O)c1. The lowest BCUT2D eigenvalue weighted by atomic mass is 10.1. The summed E-state index contributed by atoms with van der Waals surface area (Å²) < 4.78 is 5.46. The van der Waals surface area contributed by atoms with E-state index in [9.17, 15) is 20.0 Å². The average molecular weight is 294 g/mol. The summed E-state index contributed by atoms with van der Waals surface area (Å²) in [6, 6.07) is 3.57. The van der Waals surface area contributed by atoms with Gasteiger partial charge in [0, 0.05) is 31.8 Å². The van der Waals surface area contributed by atoms with Crippen LogP contribution in [0.15, 0.2) is 18.2 Å². The number of nitrogens with zero attached hydrogens (tertiary/aromatic N) is 2. The summed E-state index contributed by atoms with van der Waals surface area (Å²) in [7, 11) is 1.63. The maximum Gasteiger partial charge on any atom is 0.310 e. The Kier molecular flexibility index (Phi) is 4.74. The first-order valence-electron chi connectivity index (χ1n) is 6.79. The summed E-state index contributed by atoms with van der Waals surface area (Å²) in [5.41, 5.74) is -0.204. The van der Waals surface area contributed by atoms with Crippen molar-refractivity contribution in [2.45, 2.75) is 12.8 Å². The highest BCUT2D eigenvalue weighted by molar-refractivity contribution is 5.94. The topological polar surface area (TPSA) is 92.9 Å². The number of rotatable bonds is 7. The second kappa shape index (κ2) is 6.53. The van der Waals surface area contributed by atoms with Gasteiger partial charge >= 0.3 is 5.69 Å². The Morgan fingerprint density at radius 3 is 2.81 bits per heavy atom. The lowest BCUT2D eigenvalue weighted by Crippen LogP contribution is -2.30. The molecule has 2 rings (SSSR count). The molecule has 0 unspecified atom stereocenters. The van der Waals surface area contributed by atoms with Gasteiger partial charge in [-0.15, -0.1) is 0 Å². The molecule has 0 aliphatic heterocycles. The van der Waals surface area contributed by atoms with Crippen LogP contribution in [-0.4, -0.2) is 47.6 Å². The molecule has 0 spiro atoms. The molecule has 0 bridgehead atoms. The number of hydrogen-bond acceptors (Lipinski definition) is 5. The molecular weight excluding hydrogens is 276 g/mol. The third-order valence-electron chi connectivity index (χ3n) is 3.39. The zero-order chi connectivity index (χ0) is 15.4. The molecule has 0 aromatic heterocycles. The van der Waals surface area contributed by atoms with Crippen LogP contribution in [0.25, 0.3) is 0 Å². The number of amides is 1. The Hall–Kier alpha value is -2.15. The van der Waals surface area contributed by atoms with Gasteiger partial charge < -0.3 is 14.7 Å². The minimum atomic E-state index is -0.695. The van der Waals surface area contributed by atoms with Crippen LogP contribution in [0, 0.1) is 16.0 Å². The number of carbonyl (C=O) groups is 1. The van der Waals surface area contributed by atoms with Crippen LogP contribution < -0.4 is 0 Å². The highest BCUT2D eigenvalue weighted by Crippen LogP contribution is 2.29. The van der Waals surface area contributed by atoms with Crippen molar-refractivity contribution in [3.8, 4) is 5.75 Å². The molecular formula is C14H18N2O5. The van der Waals surface area contributed by atoms with Crippen molar-refractivity contribution in [2.24, 2.45) is 5.92 Å². The van der Waals surface area contributed by atoms with Gasteiger partial charge in [0.25, 0.3) is 5.91 Å². The van der Waals surface area contributed by atoms with Crippen LogP contribution >= 0.6 is 0 Å². The number of nitro benzene ring substituents is 1. The van der Waals surface area contributed by atoms with Gasteiger partial charge in [0.15, 0.2) is 5.75 Å². The fraction of sp³-hybridized carbons (Fsp3) is 0.500. The van der Waals surface area contributed by atoms with Gasteiger partial charge in [-0.2, -0.15) is 0 Å². The first-order chi connectivity index (χ1) is 9.99. The first-order valence-corrected chi connectivity index (χ1v) is 6.79. The van der Waals surface area contributed by atoms with Crippen molar-refractivity contribution in [1.82, 2.24) is 4.90 Å². The van der Waals surface area contributed by atoms with Gasteiger partial charge in [0.1, 0.15) is 0 Å². The minimum absolute atomic E-state index is 0.211. The number of aromatic hydroxyl groups is 1. The number of hydrogen-bond donors (Lipinski definition) is 1. The average Bonchev–Trinajstić information content (AvgIpc) is 3.26. The quantitative estimate of drug-likeness (QED) is 0.470. The molecule has 0 radical (unpaired) electrons. The number of phenolic OH excluding ortho intramolecular Hbond substituents is 1. The van der Waals surface area contributed by atoms with Crippen molar-refractivity contribution in [3.63, 3.8) is 0 Å². The maximum atomic E-state index is 12.1. The van der Waals surface area contributed by atoms with Gasteiger partial charge in [0.05, 0.1) is 11.5 Å². The van der Waals surface area contributed by atoms with Crippen molar-refractivity contribution < 1.29 is 19.6 Å². The van der Waals surface area contributed by atoms with E-state index in [1.165, 1.54) is 23.8 Å². The molecule has 1 fully saturated rings. The molecule has 7 heteroatoms. The summed E-state index contributed by atoms with van der Waals surface area (Å²) in [6.45, 7) is 1.63. The van der Waals surface area contributed by atoms with Crippen LogP contribution in [0.5, 0.6) is 5.75 Å². The van der Waals surface area contributed by atoms with Gasteiger partial charge in [-0.05, 0) is 30.9 Å². The van der Waals surface area contributed by atoms with E-state index in [0.717, 1.165) is 18.7 Å². The van der Waals surface area contributed by atoms with Crippen molar-refractivity contribution >= 4 is 11.6 Å². The predicted molar refractivity (Wildman–Crippen MR) is 75.3 cm³/mol. The lowest BCUT2D eigenvalue weighted by Gasteiger charge is -2.17. The minimum Gasteiger partial charge on any atom is -0.502 e. The number of benzene rings is 1. The molecule has 7 nitrogen and oxygen atoms in total. The molecule has 1 amide bonds. The Morgan fingerprint density at radius 2 is 2.24 bits per heavy atom. The second-order valence-electron chi connectivity index (χ2n) is 5.21. The summed E-state index contributed by atoms with van der Waals surface area (Å²) in [4.78, 5) is 23.5. The smallest absolute Gasteiger partial charge is 0.310 e. The lowest BCUT2D eigenvalue weighted by molar-refractivity contribution is -0.385. The number of likely N-dealkylation sites (N-methyl/N-ethyl adjacent to an activating group) is 1. The van der Waals surface area contributed by atoms with Crippen LogP contribution in [0.1, 0.15) is 23.2 Å². The van der Waals surface area contributed by atoms with E-state index < -0.39 is 16.4 Å². The highest BCUT2D eigenvalue weighted by atomic mass is 16.6. The third-order valence-corrected chi connectivity index (χ3v) is 3.39. The molecule has 0 saturated heterocycles. The second-order valence-corrected chi connectivity index (χ2v) is 5.21. The molecule has 1 saturated carbocycles. The molecule has 21 heavy (non-hydrogen) atoms. The van der Waals surface area contributed by atoms with Crippen LogP contribution in [0.2, 0.25) is 0 Å². The molecule has 1 aliphatic carbocycles. The Labute approximate surface area is 122 Å². The highest BCUT2D eigenvalue weighted by Gasteiger charge is 2.21. The third kappa shape index (κ3) is 4.16. The first kappa shape index (κ1) is 15.2. The molecule has 114 valence electrons. The zero-order valence-electron chi connectivity index (χ0n) is 11.8. The zero-order valence-corrected chi connectivity index (χ0v) is 11.8. The van der Waals surface area contributed by atoms with Gasteiger partial charge in [0.2, 0.25) is 0 Å². The summed E-state index contributed by atoms with van der Waals surface area (Å²) in [5, 5.41) is 20.1. The fourth-order valence-corrected chi connectivity index (χ4v) is 1.87. The van der Waals surface area contributed by atoms with Crippen molar-refractivity contribution in [2.75, 3.05) is 26.8 Å². The van der Waals surface area contributed by atoms with Crippen LogP contribution in [0.4, 0.5) is 5.69 Å². The summed E-state index contributed by atoms with van der Waals surface area (Å²) in [6.07, 6.45) is 2.44. The molecule has 1 aromatic rings. The van der Waals surface area contributed by atoms with E-state index in [0.29, 0.717) is 19.1 Å². The monoisotopic (exact) mass is 294 g/mol. The van der Waals surface area contributed by atoms with Gasteiger partial charge in [-0.25, -0.2) is 0 Å². The molecule has 0 atom stereocenters. The molecule has 1 aromatic carbocycles. The van der Waals surface area contributed by atoms with E-state index in [1.54, 1.807) is 7.05 Å². The van der Waals surface area contributed by atoms with E-state index in [4.69, 9.17) is 4.74 Å². The number of ether oxygens (including phenoxy) is 1. The molecule has 1 aliphatic rings. The summed E-state index contributed by atoms with van der Waals surface area (Å²) >= 11 is 0.